The van der Waals surface area contributed by atoms with Gasteiger partial charge in [0.05, 0.1) is 23.9 Å². The molecule has 10 nitrogen and oxygen atoms in total. The Morgan fingerprint density at radius 1 is 1.02 bits per heavy atom. The van der Waals surface area contributed by atoms with Gasteiger partial charge in [-0.15, -0.1) is 0 Å². The van der Waals surface area contributed by atoms with Crippen molar-refractivity contribution in [3.8, 4) is 0 Å². The predicted octanol–water partition coefficient (Wildman–Crippen LogP) is 5.72. The average Bonchev–Trinajstić information content (AvgIpc) is 4.10. The summed E-state index contributed by atoms with van der Waals surface area (Å²) in [4.78, 5) is 42.8. The molecule has 7 fully saturated rings. The Kier molecular flexibility index (Phi) is 8.95. The van der Waals surface area contributed by atoms with Gasteiger partial charge in [0, 0.05) is 36.9 Å². The number of allylic oxidation sites excluding steroid dienone is 1. The number of amides is 2. The molecule has 2 amide bonds. The molecule has 0 aromatic heterocycles. The predicted molar refractivity (Wildman–Crippen MR) is 196 cm³/mol. The monoisotopic (exact) mass is 728 g/mol. The molecule has 4 saturated carbocycles. The summed E-state index contributed by atoms with van der Waals surface area (Å²) in [5.74, 6) is 0.170. The van der Waals surface area contributed by atoms with Crippen molar-refractivity contribution in [3.05, 3.63) is 52.6 Å². The first-order chi connectivity index (χ1) is 25.5. The second kappa shape index (κ2) is 13.3. The zero-order valence-corrected chi connectivity index (χ0v) is 31.5. The smallest absolute Gasteiger partial charge is 0.338 e. The van der Waals surface area contributed by atoms with Crippen molar-refractivity contribution in [2.75, 3.05) is 19.7 Å². The molecule has 1 aromatic carbocycles. The third-order valence-electron chi connectivity index (χ3n) is 14.0. The Morgan fingerprint density at radius 3 is 2.55 bits per heavy atom. The van der Waals surface area contributed by atoms with Crippen LogP contribution in [0.5, 0.6) is 0 Å². The van der Waals surface area contributed by atoms with E-state index in [4.69, 9.17) is 18.9 Å². The quantitative estimate of drug-likeness (QED) is 0.245. The van der Waals surface area contributed by atoms with Crippen LogP contribution in [0.15, 0.2) is 41.5 Å². The van der Waals surface area contributed by atoms with Crippen molar-refractivity contribution in [3.63, 3.8) is 0 Å². The molecule has 5 aliphatic carbocycles. The van der Waals surface area contributed by atoms with E-state index < -0.39 is 36.1 Å². The molecule has 286 valence electrons. The Balaban J connectivity index is 0.955. The van der Waals surface area contributed by atoms with Crippen LogP contribution in [0.25, 0.3) is 6.08 Å². The van der Waals surface area contributed by atoms with Gasteiger partial charge in [0.2, 0.25) is 11.8 Å². The second-order valence-electron chi connectivity index (χ2n) is 18.2. The van der Waals surface area contributed by atoms with E-state index in [9.17, 15) is 19.5 Å². The number of carbonyl (C=O) groups is 3. The van der Waals surface area contributed by atoms with E-state index in [0.717, 1.165) is 50.5 Å². The van der Waals surface area contributed by atoms with Crippen molar-refractivity contribution < 1.29 is 38.4 Å². The lowest BCUT2D eigenvalue weighted by molar-refractivity contribution is -0.209. The molecule has 53 heavy (non-hydrogen) atoms. The van der Waals surface area contributed by atoms with Crippen molar-refractivity contribution in [1.29, 1.82) is 0 Å². The number of carbonyl (C=O) groups excluding carboxylic acids is 3. The van der Waals surface area contributed by atoms with Gasteiger partial charge < -0.3 is 34.3 Å². The number of nitrogens with one attached hydrogen (secondary N) is 1. The lowest BCUT2D eigenvalue weighted by atomic mass is 9.52. The summed E-state index contributed by atoms with van der Waals surface area (Å²) in [6.07, 6.45) is 13.9. The fourth-order valence-corrected chi connectivity index (χ4v) is 10.7. The Morgan fingerprint density at radius 2 is 1.81 bits per heavy atom. The summed E-state index contributed by atoms with van der Waals surface area (Å²) in [7, 11) is 0. The summed E-state index contributed by atoms with van der Waals surface area (Å²) >= 11 is 0. The molecular weight excluding hydrogens is 672 g/mol. The molecule has 3 saturated heterocycles. The number of hydrogen-bond donors (Lipinski definition) is 2. The van der Waals surface area contributed by atoms with Gasteiger partial charge in [-0.1, -0.05) is 37.6 Å². The lowest BCUT2D eigenvalue weighted by Crippen LogP contribution is -2.49. The molecule has 8 atom stereocenters. The van der Waals surface area contributed by atoms with Crippen LogP contribution in [0.3, 0.4) is 0 Å². The van der Waals surface area contributed by atoms with E-state index in [-0.39, 0.29) is 37.0 Å². The highest BCUT2D eigenvalue weighted by Crippen LogP contribution is 2.61. The van der Waals surface area contributed by atoms with Gasteiger partial charge in [-0.05, 0) is 119 Å². The minimum atomic E-state index is -0.720. The summed E-state index contributed by atoms with van der Waals surface area (Å²) in [6.45, 7) is 7.51. The Labute approximate surface area is 313 Å². The van der Waals surface area contributed by atoms with E-state index in [0.29, 0.717) is 65.7 Å². The number of aliphatic hydroxyl groups is 1. The zero-order valence-electron chi connectivity index (χ0n) is 31.5. The number of hydrogen-bond acceptors (Lipinski definition) is 8. The zero-order chi connectivity index (χ0) is 36.7. The minimum absolute atomic E-state index is 0.0311. The van der Waals surface area contributed by atoms with Gasteiger partial charge in [-0.3, -0.25) is 9.59 Å². The first-order valence-electron chi connectivity index (χ1n) is 20.4. The maximum atomic E-state index is 14.1. The van der Waals surface area contributed by atoms with Gasteiger partial charge >= 0.3 is 5.97 Å². The maximum Gasteiger partial charge on any atom is 0.338 e. The highest BCUT2D eigenvalue weighted by Gasteiger charge is 2.65. The summed E-state index contributed by atoms with van der Waals surface area (Å²) < 4.78 is 26.2. The number of benzene rings is 1. The van der Waals surface area contributed by atoms with E-state index in [1.807, 2.05) is 18.2 Å². The molecule has 8 aliphatic rings. The highest BCUT2D eigenvalue weighted by molar-refractivity contribution is 5.98. The van der Waals surface area contributed by atoms with E-state index in [1.54, 1.807) is 11.0 Å². The van der Waals surface area contributed by atoms with Crippen LogP contribution in [0.2, 0.25) is 0 Å². The molecule has 3 heterocycles. The molecule has 10 heteroatoms. The number of likely N-dealkylation sites (tertiary alicyclic amines) is 1. The van der Waals surface area contributed by atoms with Gasteiger partial charge in [0.15, 0.2) is 5.79 Å². The van der Waals surface area contributed by atoms with Crippen LogP contribution in [0, 0.1) is 29.1 Å². The van der Waals surface area contributed by atoms with Crippen LogP contribution in [0.1, 0.15) is 114 Å². The van der Waals surface area contributed by atoms with Crippen LogP contribution in [0.4, 0.5) is 0 Å². The summed E-state index contributed by atoms with van der Waals surface area (Å²) in [6, 6.07) is 7.13. The summed E-state index contributed by atoms with van der Waals surface area (Å²) in [5.41, 5.74) is 3.77. The van der Waals surface area contributed by atoms with Crippen LogP contribution >= 0.6 is 0 Å². The van der Waals surface area contributed by atoms with Gasteiger partial charge in [0.25, 0.3) is 0 Å². The van der Waals surface area contributed by atoms with E-state index >= 15 is 0 Å². The number of aliphatic hydroxyl groups excluding tert-OH is 1. The topological polar surface area (TPSA) is 127 Å². The molecule has 3 aliphatic heterocycles. The van der Waals surface area contributed by atoms with E-state index in [2.05, 4.69) is 38.2 Å². The number of nitrogens with zero attached hydrogens (tertiary/aromatic N) is 1. The molecule has 0 bridgehead atoms. The van der Waals surface area contributed by atoms with Crippen molar-refractivity contribution in [2.24, 2.45) is 29.1 Å². The van der Waals surface area contributed by atoms with Gasteiger partial charge in [-0.2, -0.15) is 0 Å². The fourth-order valence-electron chi connectivity index (χ4n) is 10.7. The third kappa shape index (κ3) is 6.59. The first kappa shape index (κ1) is 35.6. The standard InChI is InChI=1S/C43H56N2O8/c1-41(2)24-31-26(9-14-36-42(3,52-36)16-15-32(31)41)20-25-6-4-7-27(21-25)40(49)50-34-22-28(39(48)45-18-5-8-33(45)38(47)44-17-19-46)23-35-37(34)53-43(51-35,29-10-11-29)30-12-13-30/h4,6-7,20-21,23,29-37,46H,5,8-19,22,24H2,1-3H3,(H,44,47). The number of epoxide rings is 1. The van der Waals surface area contributed by atoms with Crippen LogP contribution in [-0.4, -0.2) is 89.3 Å². The molecule has 0 spiro atoms. The molecule has 0 radical (unpaired) electrons. The number of fused-ring (bicyclic) bond motifs is 3. The van der Waals surface area contributed by atoms with Crippen molar-refractivity contribution in [2.45, 2.75) is 140 Å². The fraction of sp³-hybridized carbons (Fsp3) is 0.698. The van der Waals surface area contributed by atoms with Gasteiger partial charge in [-0.25, -0.2) is 4.79 Å². The molecule has 8 unspecified atom stereocenters. The van der Waals surface area contributed by atoms with Crippen LogP contribution in [-0.2, 0) is 28.5 Å². The first-order valence-corrected chi connectivity index (χ1v) is 20.4. The average molecular weight is 729 g/mol. The van der Waals surface area contributed by atoms with Crippen molar-refractivity contribution in [1.82, 2.24) is 10.2 Å². The number of rotatable bonds is 9. The molecule has 2 N–H and O–H groups in total. The maximum absolute atomic E-state index is 14.1. The van der Waals surface area contributed by atoms with Crippen molar-refractivity contribution >= 4 is 23.9 Å². The normalized spacial score (nSPS) is 37.5. The minimum Gasteiger partial charge on any atom is -0.456 e. The largest absolute Gasteiger partial charge is 0.456 e. The molecule has 9 rings (SSSR count). The van der Waals surface area contributed by atoms with E-state index in [1.165, 1.54) is 18.4 Å². The molecular formula is C43H56N2O8. The van der Waals surface area contributed by atoms with Crippen LogP contribution < -0.4 is 5.32 Å². The Hall–Kier alpha value is -3.05. The number of esters is 1. The molecule has 1 aromatic rings. The highest BCUT2D eigenvalue weighted by atomic mass is 16.8. The van der Waals surface area contributed by atoms with Gasteiger partial charge in [0.1, 0.15) is 24.4 Å². The third-order valence-corrected chi connectivity index (χ3v) is 14.0. The Bertz CT molecular complexity index is 1700. The number of ether oxygens (including phenoxy) is 4. The summed E-state index contributed by atoms with van der Waals surface area (Å²) in [5, 5.41) is 12.0. The lowest BCUT2D eigenvalue weighted by Gasteiger charge is -2.53. The second-order valence-corrected chi connectivity index (χ2v) is 18.2. The SMILES string of the molecule is CC1(C)CC2C(=Cc3cccc(C(=O)OC4CC(C(=O)N5CCCC5C(=O)NCCO)=CC5OC(C6CC6)(C6CC6)OC54)c3)CCC3OC3(C)CCC21.